The monoisotopic (exact) mass is 371 g/mol. The Hall–Kier alpha value is -2.93. The highest BCUT2D eigenvalue weighted by Gasteiger charge is 2.14. The van der Waals surface area contributed by atoms with Crippen molar-refractivity contribution in [3.05, 3.63) is 65.2 Å². The quantitative estimate of drug-likeness (QED) is 0.569. The van der Waals surface area contributed by atoms with E-state index in [1.165, 1.54) is 0 Å². The molecule has 2 aromatic rings. The van der Waals surface area contributed by atoms with Crippen LogP contribution in [0.15, 0.2) is 48.5 Å². The fraction of sp³-hybridized carbons (Fsp3) is 0.211. The first-order chi connectivity index (χ1) is 12.4. The summed E-state index contributed by atoms with van der Waals surface area (Å²) in [6.07, 6.45) is -0.0668. The van der Waals surface area contributed by atoms with Gasteiger partial charge in [0.2, 0.25) is 0 Å². The number of ether oxygens (including phenoxy) is 1. The molecule has 0 saturated heterocycles. The Labute approximate surface area is 157 Å². The SMILES string of the molecule is Cc1ccc(C(=O)NNC(=S)NC(=O)c2ccccc2OC(C)C)cc1. The van der Waals surface area contributed by atoms with Crippen LogP contribution in [-0.4, -0.2) is 23.0 Å². The van der Waals surface area contributed by atoms with Crippen LogP contribution in [0.25, 0.3) is 0 Å². The molecule has 0 spiro atoms. The number of nitrogens with one attached hydrogen (secondary N) is 3. The van der Waals surface area contributed by atoms with Crippen LogP contribution in [0.1, 0.15) is 40.1 Å². The molecule has 0 heterocycles. The molecule has 0 unspecified atom stereocenters. The lowest BCUT2D eigenvalue weighted by Gasteiger charge is -2.15. The van der Waals surface area contributed by atoms with Crippen molar-refractivity contribution >= 4 is 29.1 Å². The smallest absolute Gasteiger partial charge is 0.269 e. The van der Waals surface area contributed by atoms with Gasteiger partial charge in [0.1, 0.15) is 5.75 Å². The number of thiocarbonyl (C=S) groups is 1. The molecule has 2 amide bonds. The second kappa shape index (κ2) is 8.96. The molecule has 0 aliphatic heterocycles. The summed E-state index contributed by atoms with van der Waals surface area (Å²) < 4.78 is 5.62. The van der Waals surface area contributed by atoms with Crippen molar-refractivity contribution in [1.29, 1.82) is 0 Å². The Morgan fingerprint density at radius 1 is 0.962 bits per heavy atom. The highest BCUT2D eigenvalue weighted by molar-refractivity contribution is 7.80. The van der Waals surface area contributed by atoms with Gasteiger partial charge in [0.25, 0.3) is 11.8 Å². The molecule has 0 saturated carbocycles. The molecule has 0 radical (unpaired) electrons. The first-order valence-corrected chi connectivity index (χ1v) is 8.51. The molecule has 2 rings (SSSR count). The van der Waals surface area contributed by atoms with E-state index in [0.717, 1.165) is 5.56 Å². The second-order valence-corrected chi connectivity index (χ2v) is 6.30. The Bertz CT molecular complexity index is 804. The summed E-state index contributed by atoms with van der Waals surface area (Å²) in [5.74, 6) is -0.319. The Morgan fingerprint density at radius 3 is 2.27 bits per heavy atom. The zero-order valence-electron chi connectivity index (χ0n) is 14.8. The number of aryl methyl sites for hydroxylation is 1. The number of hydrazine groups is 1. The van der Waals surface area contributed by atoms with Crippen LogP contribution in [0.2, 0.25) is 0 Å². The number of amides is 2. The molecular formula is C19H21N3O3S. The lowest BCUT2D eigenvalue weighted by molar-refractivity contribution is 0.0933. The van der Waals surface area contributed by atoms with Crippen LogP contribution < -0.4 is 20.9 Å². The highest BCUT2D eigenvalue weighted by Crippen LogP contribution is 2.19. The average molecular weight is 371 g/mol. The Balaban J connectivity index is 1.92. The van der Waals surface area contributed by atoms with E-state index in [1.54, 1.807) is 36.4 Å². The summed E-state index contributed by atoms with van der Waals surface area (Å²) in [6.45, 7) is 5.69. The summed E-state index contributed by atoms with van der Waals surface area (Å²) in [7, 11) is 0. The first-order valence-electron chi connectivity index (χ1n) is 8.11. The summed E-state index contributed by atoms with van der Waals surface area (Å²) in [4.78, 5) is 24.4. The normalized spacial score (nSPS) is 10.2. The maximum Gasteiger partial charge on any atom is 0.269 e. The van der Waals surface area contributed by atoms with Crippen molar-refractivity contribution in [2.45, 2.75) is 26.9 Å². The molecule has 3 N–H and O–H groups in total. The average Bonchev–Trinajstić information content (AvgIpc) is 2.60. The molecule has 0 aliphatic carbocycles. The number of carbonyl (C=O) groups excluding carboxylic acids is 2. The minimum absolute atomic E-state index is 0.0187. The number of para-hydroxylation sites is 1. The van der Waals surface area contributed by atoms with Gasteiger partial charge in [-0.3, -0.25) is 25.8 Å². The van der Waals surface area contributed by atoms with E-state index < -0.39 is 5.91 Å². The fourth-order valence-corrected chi connectivity index (χ4v) is 2.25. The number of hydrogen-bond acceptors (Lipinski definition) is 4. The van der Waals surface area contributed by atoms with Gasteiger partial charge in [0.05, 0.1) is 11.7 Å². The van der Waals surface area contributed by atoms with Crippen LogP contribution >= 0.6 is 12.2 Å². The van der Waals surface area contributed by atoms with Crippen molar-refractivity contribution in [3.63, 3.8) is 0 Å². The molecule has 26 heavy (non-hydrogen) atoms. The summed E-state index contributed by atoms with van der Waals surface area (Å²) in [5.41, 5.74) is 6.85. The van der Waals surface area contributed by atoms with E-state index in [9.17, 15) is 9.59 Å². The molecule has 0 bridgehead atoms. The Morgan fingerprint density at radius 2 is 1.62 bits per heavy atom. The molecule has 0 atom stereocenters. The van der Waals surface area contributed by atoms with Crippen molar-refractivity contribution < 1.29 is 14.3 Å². The van der Waals surface area contributed by atoms with Gasteiger partial charge < -0.3 is 4.74 Å². The molecule has 7 heteroatoms. The zero-order chi connectivity index (χ0) is 19.1. The zero-order valence-corrected chi connectivity index (χ0v) is 15.6. The van der Waals surface area contributed by atoms with E-state index in [-0.39, 0.29) is 17.1 Å². The molecule has 136 valence electrons. The molecule has 2 aromatic carbocycles. The first kappa shape index (κ1) is 19.4. The van der Waals surface area contributed by atoms with Gasteiger partial charge in [0.15, 0.2) is 5.11 Å². The standard InChI is InChI=1S/C19H21N3O3S/c1-12(2)25-16-7-5-4-6-15(16)18(24)20-19(26)22-21-17(23)14-10-8-13(3)9-11-14/h4-12H,1-3H3,(H,21,23)(H2,20,22,24,26). The topological polar surface area (TPSA) is 79.5 Å². The third-order valence-electron chi connectivity index (χ3n) is 3.32. The van der Waals surface area contributed by atoms with E-state index in [4.69, 9.17) is 17.0 Å². The maximum absolute atomic E-state index is 12.4. The van der Waals surface area contributed by atoms with Gasteiger partial charge in [-0.2, -0.15) is 0 Å². The molecule has 0 fully saturated rings. The van der Waals surface area contributed by atoms with E-state index >= 15 is 0 Å². The third kappa shape index (κ3) is 5.56. The van der Waals surface area contributed by atoms with Gasteiger partial charge in [-0.15, -0.1) is 0 Å². The van der Waals surface area contributed by atoms with Gasteiger partial charge in [0, 0.05) is 5.56 Å². The predicted molar refractivity (Wildman–Crippen MR) is 104 cm³/mol. The molecule has 0 aromatic heterocycles. The largest absolute Gasteiger partial charge is 0.490 e. The van der Waals surface area contributed by atoms with Crippen LogP contribution in [-0.2, 0) is 0 Å². The lowest BCUT2D eigenvalue weighted by Crippen LogP contribution is -2.48. The van der Waals surface area contributed by atoms with Gasteiger partial charge >= 0.3 is 0 Å². The highest BCUT2D eigenvalue weighted by atomic mass is 32.1. The van der Waals surface area contributed by atoms with E-state index in [2.05, 4.69) is 16.2 Å². The minimum atomic E-state index is -0.427. The lowest BCUT2D eigenvalue weighted by atomic mass is 10.1. The predicted octanol–water partition coefficient (Wildman–Crippen LogP) is 2.73. The molecule has 6 nitrogen and oxygen atoms in total. The Kier molecular flexibility index (Phi) is 6.68. The number of rotatable bonds is 4. The van der Waals surface area contributed by atoms with Crippen LogP contribution in [0.5, 0.6) is 5.75 Å². The van der Waals surface area contributed by atoms with Gasteiger partial charge in [-0.05, 0) is 57.3 Å². The van der Waals surface area contributed by atoms with Crippen LogP contribution in [0.3, 0.4) is 0 Å². The maximum atomic E-state index is 12.4. The summed E-state index contributed by atoms with van der Waals surface area (Å²) in [6, 6.07) is 13.9. The second-order valence-electron chi connectivity index (χ2n) is 5.89. The number of carbonyl (C=O) groups is 2. The fourth-order valence-electron chi connectivity index (χ4n) is 2.10. The molecular weight excluding hydrogens is 350 g/mol. The third-order valence-corrected chi connectivity index (χ3v) is 3.53. The number of benzene rings is 2. The van der Waals surface area contributed by atoms with Gasteiger partial charge in [-0.1, -0.05) is 29.8 Å². The van der Waals surface area contributed by atoms with E-state index in [1.807, 2.05) is 32.9 Å². The van der Waals surface area contributed by atoms with Gasteiger partial charge in [-0.25, -0.2) is 0 Å². The summed E-state index contributed by atoms with van der Waals surface area (Å²) in [5, 5.41) is 2.49. The van der Waals surface area contributed by atoms with Crippen molar-refractivity contribution in [2.24, 2.45) is 0 Å². The van der Waals surface area contributed by atoms with Crippen molar-refractivity contribution in [3.8, 4) is 5.75 Å². The van der Waals surface area contributed by atoms with Crippen LogP contribution in [0, 0.1) is 6.92 Å². The van der Waals surface area contributed by atoms with Crippen LogP contribution in [0.4, 0.5) is 0 Å². The minimum Gasteiger partial charge on any atom is -0.490 e. The summed E-state index contributed by atoms with van der Waals surface area (Å²) >= 11 is 5.05. The van der Waals surface area contributed by atoms with E-state index in [0.29, 0.717) is 16.9 Å². The van der Waals surface area contributed by atoms with Crippen molar-refractivity contribution in [2.75, 3.05) is 0 Å². The van der Waals surface area contributed by atoms with Crippen molar-refractivity contribution in [1.82, 2.24) is 16.2 Å². The molecule has 0 aliphatic rings. The number of hydrogen-bond donors (Lipinski definition) is 3.